The summed E-state index contributed by atoms with van der Waals surface area (Å²) in [6.45, 7) is 1.95. The third-order valence-electron chi connectivity index (χ3n) is 3.40. The van der Waals surface area contributed by atoms with E-state index in [-0.39, 0.29) is 23.9 Å². The highest BCUT2D eigenvalue weighted by Gasteiger charge is 2.30. The van der Waals surface area contributed by atoms with Gasteiger partial charge in [-0.1, -0.05) is 12.5 Å². The second-order valence-corrected chi connectivity index (χ2v) is 4.69. The topological polar surface area (TPSA) is 68.0 Å². The first-order chi connectivity index (χ1) is 8.18. The van der Waals surface area contributed by atoms with E-state index in [1.54, 1.807) is 6.20 Å². The first kappa shape index (κ1) is 12.0. The van der Waals surface area contributed by atoms with Gasteiger partial charge in [0.05, 0.1) is 17.7 Å². The molecule has 2 unspecified atom stereocenters. The molecule has 0 radical (unpaired) electrons. The van der Waals surface area contributed by atoms with Gasteiger partial charge < -0.3 is 11.1 Å². The quantitative estimate of drug-likeness (QED) is 0.829. The van der Waals surface area contributed by atoms with Crippen LogP contribution in [0.2, 0.25) is 0 Å². The van der Waals surface area contributed by atoms with Crippen LogP contribution in [0.15, 0.2) is 24.4 Å². The lowest BCUT2D eigenvalue weighted by atomic mass is 10.0. The second kappa shape index (κ2) is 5.27. The summed E-state index contributed by atoms with van der Waals surface area (Å²) < 4.78 is 0. The van der Waals surface area contributed by atoms with Gasteiger partial charge in [0.25, 0.3) is 0 Å². The Kier molecular flexibility index (Phi) is 3.74. The Morgan fingerprint density at radius 3 is 2.94 bits per heavy atom. The van der Waals surface area contributed by atoms with Crippen molar-refractivity contribution in [2.45, 2.75) is 38.3 Å². The molecule has 1 amide bonds. The summed E-state index contributed by atoms with van der Waals surface area (Å²) in [5, 5.41) is 2.99. The van der Waals surface area contributed by atoms with E-state index in [2.05, 4.69) is 10.3 Å². The molecular formula is C13H19N3O. The second-order valence-electron chi connectivity index (χ2n) is 4.69. The normalized spacial score (nSPS) is 25.5. The molecule has 0 bridgehead atoms. The van der Waals surface area contributed by atoms with Crippen molar-refractivity contribution in [3.05, 3.63) is 30.1 Å². The van der Waals surface area contributed by atoms with Crippen LogP contribution >= 0.6 is 0 Å². The van der Waals surface area contributed by atoms with Crippen molar-refractivity contribution in [3.8, 4) is 0 Å². The van der Waals surface area contributed by atoms with Crippen LogP contribution in [-0.2, 0) is 4.79 Å². The molecule has 1 heterocycles. The van der Waals surface area contributed by atoms with Gasteiger partial charge in [0.15, 0.2) is 0 Å². The van der Waals surface area contributed by atoms with Gasteiger partial charge in [0.1, 0.15) is 0 Å². The summed E-state index contributed by atoms with van der Waals surface area (Å²) in [5.41, 5.74) is 6.80. The molecule has 0 saturated heterocycles. The lowest BCUT2D eigenvalue weighted by Gasteiger charge is -2.19. The van der Waals surface area contributed by atoms with E-state index in [0.29, 0.717) is 0 Å². The van der Waals surface area contributed by atoms with E-state index in [0.717, 1.165) is 25.0 Å². The molecule has 4 nitrogen and oxygen atoms in total. The summed E-state index contributed by atoms with van der Waals surface area (Å²) in [7, 11) is 0. The van der Waals surface area contributed by atoms with Crippen LogP contribution in [0.5, 0.6) is 0 Å². The first-order valence-corrected chi connectivity index (χ1v) is 6.15. The number of carbonyl (C=O) groups excluding carboxylic acids is 1. The third kappa shape index (κ3) is 2.82. The number of nitrogens with two attached hydrogens (primary N) is 1. The Morgan fingerprint density at radius 1 is 1.53 bits per heavy atom. The molecule has 0 spiro atoms. The predicted molar refractivity (Wildman–Crippen MR) is 66.1 cm³/mol. The number of rotatable bonds is 3. The van der Waals surface area contributed by atoms with Crippen LogP contribution in [-0.4, -0.2) is 16.9 Å². The summed E-state index contributed by atoms with van der Waals surface area (Å²) in [4.78, 5) is 16.3. The van der Waals surface area contributed by atoms with Crippen molar-refractivity contribution in [1.82, 2.24) is 10.3 Å². The highest BCUT2D eigenvalue weighted by molar-refractivity contribution is 5.80. The first-order valence-electron chi connectivity index (χ1n) is 6.15. The zero-order chi connectivity index (χ0) is 12.3. The maximum absolute atomic E-state index is 12.0. The smallest absolute Gasteiger partial charge is 0.225 e. The van der Waals surface area contributed by atoms with Gasteiger partial charge in [-0.15, -0.1) is 0 Å². The van der Waals surface area contributed by atoms with E-state index in [1.165, 1.54) is 0 Å². The average molecular weight is 233 g/mol. The molecular weight excluding hydrogens is 214 g/mol. The molecule has 0 aliphatic heterocycles. The number of carbonyl (C=O) groups is 1. The van der Waals surface area contributed by atoms with Gasteiger partial charge in [-0.3, -0.25) is 9.78 Å². The Hall–Kier alpha value is -1.42. The van der Waals surface area contributed by atoms with Crippen molar-refractivity contribution >= 4 is 5.91 Å². The van der Waals surface area contributed by atoms with Gasteiger partial charge >= 0.3 is 0 Å². The minimum absolute atomic E-state index is 0.0194. The number of pyridine rings is 1. The number of nitrogens with zero attached hydrogens (tertiary/aromatic N) is 1. The minimum Gasteiger partial charge on any atom is -0.348 e. The largest absolute Gasteiger partial charge is 0.348 e. The van der Waals surface area contributed by atoms with Crippen molar-refractivity contribution in [3.63, 3.8) is 0 Å². The Balaban J connectivity index is 1.95. The number of hydrogen-bond donors (Lipinski definition) is 2. The molecule has 1 aromatic rings. The Morgan fingerprint density at radius 2 is 2.35 bits per heavy atom. The van der Waals surface area contributed by atoms with Crippen molar-refractivity contribution in [1.29, 1.82) is 0 Å². The standard InChI is InChI=1S/C13H19N3O/c1-9(12-7-2-3-8-15-12)16-13(17)10-5-4-6-11(10)14/h2-3,7-11H,4-6,14H2,1H3,(H,16,17)/t9-,10?,11?/m1/s1. The molecule has 2 rings (SSSR count). The van der Waals surface area contributed by atoms with E-state index >= 15 is 0 Å². The highest BCUT2D eigenvalue weighted by Crippen LogP contribution is 2.24. The molecule has 1 fully saturated rings. The number of amides is 1. The monoisotopic (exact) mass is 233 g/mol. The average Bonchev–Trinajstić information content (AvgIpc) is 2.76. The fourth-order valence-electron chi connectivity index (χ4n) is 2.34. The molecule has 92 valence electrons. The number of hydrogen-bond acceptors (Lipinski definition) is 3. The van der Waals surface area contributed by atoms with E-state index in [9.17, 15) is 4.79 Å². The van der Waals surface area contributed by atoms with E-state index in [1.807, 2.05) is 25.1 Å². The van der Waals surface area contributed by atoms with Gasteiger partial charge in [0.2, 0.25) is 5.91 Å². The molecule has 17 heavy (non-hydrogen) atoms. The van der Waals surface area contributed by atoms with E-state index < -0.39 is 0 Å². The van der Waals surface area contributed by atoms with E-state index in [4.69, 9.17) is 5.73 Å². The molecule has 1 aliphatic carbocycles. The van der Waals surface area contributed by atoms with Crippen molar-refractivity contribution in [2.75, 3.05) is 0 Å². The van der Waals surface area contributed by atoms with Crippen LogP contribution in [0.1, 0.15) is 37.9 Å². The predicted octanol–water partition coefficient (Wildman–Crippen LogP) is 1.39. The Labute approximate surface area is 102 Å². The van der Waals surface area contributed by atoms with Crippen LogP contribution in [0.25, 0.3) is 0 Å². The molecule has 0 aromatic carbocycles. The summed E-state index contributed by atoms with van der Waals surface area (Å²) in [5.74, 6) is 0.0364. The lowest BCUT2D eigenvalue weighted by molar-refractivity contribution is -0.125. The molecule has 3 N–H and O–H groups in total. The Bertz CT molecular complexity index is 380. The van der Waals surface area contributed by atoms with Crippen molar-refractivity contribution < 1.29 is 4.79 Å². The van der Waals surface area contributed by atoms with Crippen LogP contribution in [0.3, 0.4) is 0 Å². The van der Waals surface area contributed by atoms with Crippen LogP contribution in [0, 0.1) is 5.92 Å². The fourth-order valence-corrected chi connectivity index (χ4v) is 2.34. The van der Waals surface area contributed by atoms with Crippen LogP contribution in [0.4, 0.5) is 0 Å². The number of aromatic nitrogens is 1. The summed E-state index contributed by atoms with van der Waals surface area (Å²) >= 11 is 0. The molecule has 4 heteroatoms. The lowest BCUT2D eigenvalue weighted by Crippen LogP contribution is -2.39. The molecule has 1 saturated carbocycles. The third-order valence-corrected chi connectivity index (χ3v) is 3.40. The number of nitrogens with one attached hydrogen (secondary N) is 1. The zero-order valence-corrected chi connectivity index (χ0v) is 10.1. The minimum atomic E-state index is -0.0588. The fraction of sp³-hybridized carbons (Fsp3) is 0.538. The van der Waals surface area contributed by atoms with Gasteiger partial charge in [0, 0.05) is 12.2 Å². The highest BCUT2D eigenvalue weighted by atomic mass is 16.2. The van der Waals surface area contributed by atoms with Gasteiger partial charge in [-0.2, -0.15) is 0 Å². The maximum atomic E-state index is 12.0. The zero-order valence-electron chi connectivity index (χ0n) is 10.1. The summed E-state index contributed by atoms with van der Waals surface area (Å²) in [6.07, 6.45) is 4.65. The molecule has 3 atom stereocenters. The molecule has 1 aliphatic rings. The van der Waals surface area contributed by atoms with Crippen molar-refractivity contribution in [2.24, 2.45) is 11.7 Å². The maximum Gasteiger partial charge on any atom is 0.225 e. The van der Waals surface area contributed by atoms with Gasteiger partial charge in [-0.25, -0.2) is 0 Å². The SMILES string of the molecule is C[C@@H](NC(=O)C1CCCC1N)c1ccccn1. The summed E-state index contributed by atoms with van der Waals surface area (Å²) in [6, 6.07) is 5.67. The molecule has 1 aromatic heterocycles. The van der Waals surface area contributed by atoms with Gasteiger partial charge in [-0.05, 0) is 31.9 Å². The van der Waals surface area contributed by atoms with Crippen LogP contribution < -0.4 is 11.1 Å².